The smallest absolute Gasteiger partial charge is 0.352 e. The number of nitrogens with zero attached hydrogens (tertiary/aromatic N) is 4. The van der Waals surface area contributed by atoms with Crippen LogP contribution in [0.5, 0.6) is 5.75 Å². The average molecular weight is 440 g/mol. The molecular formula is C22H21FN4O5. The van der Waals surface area contributed by atoms with Crippen molar-refractivity contribution >= 4 is 5.91 Å². The van der Waals surface area contributed by atoms with Crippen LogP contribution in [0.25, 0.3) is 5.69 Å². The molecule has 10 heteroatoms. The lowest BCUT2D eigenvalue weighted by Crippen LogP contribution is -2.48. The van der Waals surface area contributed by atoms with Gasteiger partial charge < -0.3 is 14.4 Å². The number of amides is 1. The first-order valence-corrected chi connectivity index (χ1v) is 9.98. The van der Waals surface area contributed by atoms with Crippen LogP contribution in [0.1, 0.15) is 16.1 Å². The molecule has 0 bridgehead atoms. The molecule has 1 saturated heterocycles. The molecule has 1 aromatic heterocycles. The van der Waals surface area contributed by atoms with Crippen LogP contribution in [0.3, 0.4) is 0 Å². The number of hydrogen-bond donors (Lipinski definition) is 0. The summed E-state index contributed by atoms with van der Waals surface area (Å²) < 4.78 is 25.7. The predicted molar refractivity (Wildman–Crippen MR) is 113 cm³/mol. The van der Waals surface area contributed by atoms with Gasteiger partial charge >= 0.3 is 5.69 Å². The van der Waals surface area contributed by atoms with Gasteiger partial charge in [-0.25, -0.2) is 9.18 Å². The van der Waals surface area contributed by atoms with Crippen molar-refractivity contribution in [2.45, 2.75) is 6.54 Å². The van der Waals surface area contributed by atoms with Gasteiger partial charge in [0, 0.05) is 19.2 Å². The minimum Gasteiger partial charge on any atom is -0.497 e. The maximum Gasteiger partial charge on any atom is 0.352 e. The zero-order chi connectivity index (χ0) is 22.7. The van der Waals surface area contributed by atoms with Gasteiger partial charge in [0.25, 0.3) is 11.5 Å². The average Bonchev–Trinajstić information content (AvgIpc) is 2.83. The summed E-state index contributed by atoms with van der Waals surface area (Å²) in [5.74, 6) is -0.538. The minimum atomic E-state index is -0.810. The summed E-state index contributed by atoms with van der Waals surface area (Å²) in [6.07, 6.45) is 0. The molecule has 0 unspecified atom stereocenters. The van der Waals surface area contributed by atoms with E-state index in [1.54, 1.807) is 24.3 Å². The summed E-state index contributed by atoms with van der Waals surface area (Å²) in [5, 5.41) is 4.13. The van der Waals surface area contributed by atoms with Gasteiger partial charge in [-0.1, -0.05) is 18.2 Å². The van der Waals surface area contributed by atoms with Gasteiger partial charge in [0.15, 0.2) is 0 Å². The van der Waals surface area contributed by atoms with Crippen molar-refractivity contribution in [3.05, 3.63) is 86.4 Å². The summed E-state index contributed by atoms with van der Waals surface area (Å²) in [4.78, 5) is 40.9. The summed E-state index contributed by atoms with van der Waals surface area (Å²) >= 11 is 0. The van der Waals surface area contributed by atoms with Gasteiger partial charge in [-0.15, -0.1) is 0 Å². The Bertz CT molecular complexity index is 1250. The van der Waals surface area contributed by atoms with E-state index in [1.807, 2.05) is 0 Å². The number of carbonyl (C=O) groups is 1. The van der Waals surface area contributed by atoms with Gasteiger partial charge in [-0.2, -0.15) is 9.78 Å². The number of morpholine rings is 1. The molecule has 2 heterocycles. The Morgan fingerprint density at radius 3 is 2.53 bits per heavy atom. The quantitative estimate of drug-likeness (QED) is 0.589. The molecule has 9 nitrogen and oxygen atoms in total. The fourth-order valence-corrected chi connectivity index (χ4v) is 3.39. The Kier molecular flexibility index (Phi) is 6.13. The van der Waals surface area contributed by atoms with Crippen molar-refractivity contribution in [3.8, 4) is 11.4 Å². The lowest BCUT2D eigenvalue weighted by molar-refractivity contribution is 0.0295. The van der Waals surface area contributed by atoms with E-state index >= 15 is 0 Å². The maximum absolute atomic E-state index is 13.3. The lowest BCUT2D eigenvalue weighted by Gasteiger charge is -2.26. The monoisotopic (exact) mass is 440 g/mol. The molecule has 0 aliphatic carbocycles. The normalized spacial score (nSPS) is 13.8. The third-order valence-corrected chi connectivity index (χ3v) is 5.11. The first-order valence-electron chi connectivity index (χ1n) is 9.98. The first kappa shape index (κ1) is 21.4. The molecule has 0 saturated carbocycles. The van der Waals surface area contributed by atoms with Crippen LogP contribution in [-0.2, 0) is 11.3 Å². The zero-order valence-electron chi connectivity index (χ0n) is 17.4. The molecule has 1 fully saturated rings. The van der Waals surface area contributed by atoms with E-state index in [0.717, 1.165) is 9.25 Å². The van der Waals surface area contributed by atoms with E-state index in [9.17, 15) is 18.8 Å². The number of halogens is 1. The fraction of sp³-hybridized carbons (Fsp3) is 0.273. The van der Waals surface area contributed by atoms with E-state index in [-0.39, 0.29) is 12.2 Å². The van der Waals surface area contributed by atoms with Crippen molar-refractivity contribution in [1.29, 1.82) is 0 Å². The molecule has 32 heavy (non-hydrogen) atoms. The highest BCUT2D eigenvalue weighted by Crippen LogP contribution is 2.14. The van der Waals surface area contributed by atoms with Crippen LogP contribution >= 0.6 is 0 Å². The number of rotatable bonds is 5. The zero-order valence-corrected chi connectivity index (χ0v) is 17.4. The molecule has 3 aromatic rings. The number of methoxy groups -OCH3 is 1. The number of benzene rings is 2. The number of hydrogen-bond acceptors (Lipinski definition) is 6. The highest BCUT2D eigenvalue weighted by molar-refractivity contribution is 5.91. The van der Waals surface area contributed by atoms with E-state index in [2.05, 4.69) is 5.10 Å². The van der Waals surface area contributed by atoms with Crippen LogP contribution in [0, 0.1) is 5.82 Å². The molecule has 166 valence electrons. The molecule has 1 aliphatic rings. The topological polar surface area (TPSA) is 95.7 Å². The number of aromatic nitrogens is 3. The van der Waals surface area contributed by atoms with Crippen LogP contribution < -0.4 is 16.0 Å². The van der Waals surface area contributed by atoms with Crippen LogP contribution in [0.15, 0.2) is 58.1 Å². The Labute approximate surface area is 182 Å². The molecule has 0 radical (unpaired) electrons. The van der Waals surface area contributed by atoms with Crippen molar-refractivity contribution in [2.75, 3.05) is 33.4 Å². The first-order chi connectivity index (χ1) is 15.5. The van der Waals surface area contributed by atoms with E-state index in [4.69, 9.17) is 9.47 Å². The summed E-state index contributed by atoms with van der Waals surface area (Å²) in [6.45, 7) is 1.19. The van der Waals surface area contributed by atoms with E-state index < -0.39 is 23.0 Å². The third kappa shape index (κ3) is 4.30. The predicted octanol–water partition coefficient (Wildman–Crippen LogP) is 1.06. The number of ether oxygens (including phenoxy) is 2. The second-order valence-electron chi connectivity index (χ2n) is 7.17. The second kappa shape index (κ2) is 9.15. The van der Waals surface area contributed by atoms with Crippen LogP contribution in [0.4, 0.5) is 4.39 Å². The Morgan fingerprint density at radius 1 is 1.12 bits per heavy atom. The highest BCUT2D eigenvalue weighted by atomic mass is 19.1. The molecule has 0 atom stereocenters. The standard InChI is InChI=1S/C22H21FN4O5/c1-31-18-4-2-3-17(13-18)27-22(30)26(14-15-5-7-16(23)8-6-15)21(29)19(24-27)20(28)25-9-11-32-12-10-25/h2-8,13H,9-12,14H2,1H3. The molecular weight excluding hydrogens is 419 g/mol. The Hall–Kier alpha value is -3.79. The molecule has 0 spiro atoms. The Balaban J connectivity index is 1.87. The van der Waals surface area contributed by atoms with Crippen LogP contribution in [-0.4, -0.2) is 58.6 Å². The SMILES string of the molecule is COc1cccc(-n2nc(C(=O)N3CCOCC3)c(=O)n(Cc3ccc(F)cc3)c2=O)c1. The Morgan fingerprint density at radius 2 is 1.84 bits per heavy atom. The summed E-state index contributed by atoms with van der Waals surface area (Å²) in [6, 6.07) is 12.0. The molecule has 1 aliphatic heterocycles. The maximum atomic E-state index is 13.3. The lowest BCUT2D eigenvalue weighted by atomic mass is 10.2. The van der Waals surface area contributed by atoms with E-state index in [0.29, 0.717) is 43.3 Å². The summed E-state index contributed by atoms with van der Waals surface area (Å²) in [7, 11) is 1.48. The largest absolute Gasteiger partial charge is 0.497 e. The molecule has 4 rings (SSSR count). The van der Waals surface area contributed by atoms with Gasteiger partial charge in [0.2, 0.25) is 5.69 Å². The van der Waals surface area contributed by atoms with Gasteiger partial charge in [-0.05, 0) is 29.8 Å². The van der Waals surface area contributed by atoms with Gasteiger partial charge in [0.05, 0.1) is 32.6 Å². The molecule has 2 aromatic carbocycles. The van der Waals surface area contributed by atoms with Crippen molar-refractivity contribution in [2.24, 2.45) is 0 Å². The van der Waals surface area contributed by atoms with Crippen molar-refractivity contribution in [1.82, 2.24) is 19.2 Å². The second-order valence-corrected chi connectivity index (χ2v) is 7.17. The third-order valence-electron chi connectivity index (χ3n) is 5.11. The fourth-order valence-electron chi connectivity index (χ4n) is 3.39. The summed E-state index contributed by atoms with van der Waals surface area (Å²) in [5.41, 5.74) is -1.06. The molecule has 0 N–H and O–H groups in total. The van der Waals surface area contributed by atoms with Gasteiger partial charge in [0.1, 0.15) is 11.6 Å². The van der Waals surface area contributed by atoms with E-state index in [1.165, 1.54) is 36.3 Å². The van der Waals surface area contributed by atoms with Crippen LogP contribution in [0.2, 0.25) is 0 Å². The minimum absolute atomic E-state index is 0.145. The van der Waals surface area contributed by atoms with Crippen molar-refractivity contribution in [3.63, 3.8) is 0 Å². The molecule has 1 amide bonds. The number of carbonyl (C=O) groups excluding carboxylic acids is 1. The highest BCUT2D eigenvalue weighted by Gasteiger charge is 2.26. The van der Waals surface area contributed by atoms with Gasteiger partial charge in [-0.3, -0.25) is 14.2 Å². The van der Waals surface area contributed by atoms with Crippen molar-refractivity contribution < 1.29 is 18.7 Å².